The smallest absolute Gasteiger partial charge is 0.122 e. The number of ether oxygens (including phenoxy) is 1. The molecule has 5 nitrogen and oxygen atoms in total. The Hall–Kier alpha value is -1.14. The van der Waals surface area contributed by atoms with Gasteiger partial charge in [-0.3, -0.25) is 10.3 Å². The maximum atomic E-state index is 9.33. The Bertz CT molecular complexity index is 467. The normalized spacial score (nSPS) is 20.4. The number of amidine groups is 1. The molecule has 0 spiro atoms. The topological polar surface area (TPSA) is 82.6 Å². The van der Waals surface area contributed by atoms with Crippen molar-refractivity contribution < 1.29 is 9.84 Å². The first kappa shape index (κ1) is 14.3. The number of hydrogen-bond donors (Lipinski definition) is 3. The zero-order valence-electron chi connectivity index (χ0n) is 10.6. The predicted molar refractivity (Wildman–Crippen MR) is 74.6 cm³/mol. The Kier molecular flexibility index (Phi) is 4.76. The first-order valence-electron chi connectivity index (χ1n) is 6.17. The van der Waals surface area contributed by atoms with Gasteiger partial charge in [-0.15, -0.1) is 0 Å². The van der Waals surface area contributed by atoms with Crippen molar-refractivity contribution in [3.05, 3.63) is 34.3 Å². The van der Waals surface area contributed by atoms with E-state index in [-0.39, 0.29) is 18.5 Å². The summed E-state index contributed by atoms with van der Waals surface area (Å²) in [7, 11) is 0. The molecule has 0 aliphatic carbocycles. The average Bonchev–Trinajstić information content (AvgIpc) is 2.41. The molecule has 1 aliphatic heterocycles. The minimum Gasteiger partial charge on any atom is -0.395 e. The van der Waals surface area contributed by atoms with E-state index < -0.39 is 0 Å². The van der Waals surface area contributed by atoms with Crippen LogP contribution in [-0.4, -0.2) is 48.2 Å². The van der Waals surface area contributed by atoms with Crippen molar-refractivity contribution >= 4 is 17.4 Å². The number of rotatable bonds is 4. The standard InChI is InChI=1S/C13H18ClN3O2/c14-12-5-9(13(15)16)1-2-10(12)6-17-3-4-19-8-11(17)7-18/h1-2,5,11,18H,3-4,6-8H2,(H3,15,16). The summed E-state index contributed by atoms with van der Waals surface area (Å²) in [5.74, 6) is 0.00746. The molecule has 0 saturated carbocycles. The molecule has 1 aromatic carbocycles. The van der Waals surface area contributed by atoms with Crippen LogP contribution >= 0.6 is 11.6 Å². The number of hydrogen-bond acceptors (Lipinski definition) is 4. The molecule has 1 aromatic rings. The minimum atomic E-state index is 0.00746. The highest BCUT2D eigenvalue weighted by Crippen LogP contribution is 2.21. The summed E-state index contributed by atoms with van der Waals surface area (Å²) in [6.07, 6.45) is 0. The maximum Gasteiger partial charge on any atom is 0.122 e. The first-order valence-corrected chi connectivity index (χ1v) is 6.55. The molecule has 0 aromatic heterocycles. The average molecular weight is 284 g/mol. The van der Waals surface area contributed by atoms with Crippen molar-refractivity contribution in [1.82, 2.24) is 4.90 Å². The monoisotopic (exact) mass is 283 g/mol. The maximum absolute atomic E-state index is 9.33. The van der Waals surface area contributed by atoms with Gasteiger partial charge in [-0.25, -0.2) is 0 Å². The van der Waals surface area contributed by atoms with E-state index in [2.05, 4.69) is 4.90 Å². The minimum absolute atomic E-state index is 0.00746. The van der Waals surface area contributed by atoms with Gasteiger partial charge in [0.1, 0.15) is 5.84 Å². The van der Waals surface area contributed by atoms with Gasteiger partial charge in [0.05, 0.1) is 25.9 Å². The fourth-order valence-electron chi connectivity index (χ4n) is 2.13. The Labute approximate surface area is 117 Å². The summed E-state index contributed by atoms with van der Waals surface area (Å²) in [6.45, 7) is 2.71. The lowest BCUT2D eigenvalue weighted by molar-refractivity contribution is -0.0312. The van der Waals surface area contributed by atoms with E-state index in [0.717, 1.165) is 12.1 Å². The molecule has 0 radical (unpaired) electrons. The zero-order valence-corrected chi connectivity index (χ0v) is 11.4. The van der Waals surface area contributed by atoms with E-state index in [4.69, 9.17) is 27.5 Å². The van der Waals surface area contributed by atoms with Crippen molar-refractivity contribution in [3.63, 3.8) is 0 Å². The van der Waals surface area contributed by atoms with Gasteiger partial charge in [0.2, 0.25) is 0 Å². The van der Waals surface area contributed by atoms with Crippen LogP contribution in [-0.2, 0) is 11.3 Å². The second-order valence-corrected chi connectivity index (χ2v) is 5.01. The molecule has 0 bridgehead atoms. The van der Waals surface area contributed by atoms with E-state index in [1.54, 1.807) is 12.1 Å². The predicted octanol–water partition coefficient (Wildman–Crippen LogP) is 0.817. The van der Waals surface area contributed by atoms with E-state index in [1.807, 2.05) is 6.07 Å². The van der Waals surface area contributed by atoms with Crippen LogP contribution in [0.4, 0.5) is 0 Å². The number of halogens is 1. The molecule has 1 fully saturated rings. The summed E-state index contributed by atoms with van der Waals surface area (Å²) in [5, 5.41) is 17.3. The zero-order chi connectivity index (χ0) is 13.8. The summed E-state index contributed by atoms with van der Waals surface area (Å²) in [6, 6.07) is 5.38. The van der Waals surface area contributed by atoms with Gasteiger partial charge in [-0.2, -0.15) is 0 Å². The lowest BCUT2D eigenvalue weighted by Gasteiger charge is -2.34. The summed E-state index contributed by atoms with van der Waals surface area (Å²) >= 11 is 6.21. The van der Waals surface area contributed by atoms with Crippen molar-refractivity contribution in [2.45, 2.75) is 12.6 Å². The number of nitrogens with two attached hydrogens (primary N) is 1. The highest BCUT2D eigenvalue weighted by molar-refractivity contribution is 6.31. The van der Waals surface area contributed by atoms with Crippen molar-refractivity contribution in [2.75, 3.05) is 26.4 Å². The SMILES string of the molecule is N=C(N)c1ccc(CN2CCOCC2CO)c(Cl)c1. The van der Waals surface area contributed by atoms with Crippen LogP contribution in [0.25, 0.3) is 0 Å². The van der Waals surface area contributed by atoms with Crippen LogP contribution in [0.3, 0.4) is 0 Å². The van der Waals surface area contributed by atoms with Crippen molar-refractivity contribution in [3.8, 4) is 0 Å². The molecule has 1 unspecified atom stereocenters. The summed E-state index contributed by atoms with van der Waals surface area (Å²) in [4.78, 5) is 2.15. The van der Waals surface area contributed by atoms with E-state index in [0.29, 0.717) is 30.3 Å². The Morgan fingerprint density at radius 3 is 3.00 bits per heavy atom. The van der Waals surface area contributed by atoms with Gasteiger partial charge in [0.25, 0.3) is 0 Å². The number of aliphatic hydroxyl groups is 1. The number of nitrogens with one attached hydrogen (secondary N) is 1. The Morgan fingerprint density at radius 1 is 1.58 bits per heavy atom. The first-order chi connectivity index (χ1) is 9.11. The van der Waals surface area contributed by atoms with Gasteiger partial charge in [0, 0.05) is 23.7 Å². The third-order valence-electron chi connectivity index (χ3n) is 3.30. The molecule has 2 rings (SSSR count). The second-order valence-electron chi connectivity index (χ2n) is 4.60. The van der Waals surface area contributed by atoms with Gasteiger partial charge in [-0.05, 0) is 11.6 Å². The largest absolute Gasteiger partial charge is 0.395 e. The third kappa shape index (κ3) is 3.45. The van der Waals surface area contributed by atoms with Gasteiger partial charge >= 0.3 is 0 Å². The van der Waals surface area contributed by atoms with Gasteiger partial charge < -0.3 is 15.6 Å². The number of nitrogens with zero attached hydrogens (tertiary/aromatic N) is 1. The van der Waals surface area contributed by atoms with Crippen LogP contribution in [0.1, 0.15) is 11.1 Å². The van der Waals surface area contributed by atoms with Crippen molar-refractivity contribution in [2.24, 2.45) is 5.73 Å². The van der Waals surface area contributed by atoms with Gasteiger partial charge in [-0.1, -0.05) is 23.7 Å². The molecule has 104 valence electrons. The molecule has 1 heterocycles. The van der Waals surface area contributed by atoms with E-state index in [1.165, 1.54) is 0 Å². The molecule has 19 heavy (non-hydrogen) atoms. The Morgan fingerprint density at radius 2 is 2.37 bits per heavy atom. The highest BCUT2D eigenvalue weighted by Gasteiger charge is 2.22. The number of benzene rings is 1. The van der Waals surface area contributed by atoms with Crippen LogP contribution in [0.5, 0.6) is 0 Å². The second kappa shape index (κ2) is 6.34. The van der Waals surface area contributed by atoms with E-state index >= 15 is 0 Å². The van der Waals surface area contributed by atoms with Crippen LogP contribution in [0.15, 0.2) is 18.2 Å². The molecular weight excluding hydrogens is 266 g/mol. The lowest BCUT2D eigenvalue weighted by atomic mass is 10.1. The van der Waals surface area contributed by atoms with Crippen LogP contribution < -0.4 is 5.73 Å². The molecular formula is C13H18ClN3O2. The number of nitrogen functional groups attached to an aromatic ring is 1. The lowest BCUT2D eigenvalue weighted by Crippen LogP contribution is -2.46. The summed E-state index contributed by atoms with van der Waals surface area (Å²) < 4.78 is 5.34. The van der Waals surface area contributed by atoms with Crippen LogP contribution in [0.2, 0.25) is 5.02 Å². The third-order valence-corrected chi connectivity index (χ3v) is 3.65. The molecule has 1 aliphatic rings. The molecule has 1 saturated heterocycles. The number of morpholine rings is 1. The fourth-order valence-corrected chi connectivity index (χ4v) is 2.37. The fraction of sp³-hybridized carbons (Fsp3) is 0.462. The Balaban J connectivity index is 2.11. The quantitative estimate of drug-likeness (QED) is 0.564. The van der Waals surface area contributed by atoms with Crippen molar-refractivity contribution in [1.29, 1.82) is 5.41 Å². The molecule has 4 N–H and O–H groups in total. The highest BCUT2D eigenvalue weighted by atomic mass is 35.5. The molecule has 1 atom stereocenters. The molecule has 6 heteroatoms. The summed E-state index contributed by atoms with van der Waals surface area (Å²) in [5.41, 5.74) is 7.01. The van der Waals surface area contributed by atoms with Crippen LogP contribution in [0, 0.1) is 5.41 Å². The molecule has 0 amide bonds. The number of aliphatic hydroxyl groups excluding tert-OH is 1. The van der Waals surface area contributed by atoms with Gasteiger partial charge in [0.15, 0.2) is 0 Å². The van der Waals surface area contributed by atoms with E-state index in [9.17, 15) is 5.11 Å².